The number of nitrogens with one attached hydrogen (secondary N) is 1. The van der Waals surface area contributed by atoms with E-state index in [0.717, 1.165) is 23.3 Å². The molecule has 7 heteroatoms. The van der Waals surface area contributed by atoms with Crippen molar-refractivity contribution in [2.24, 2.45) is 5.92 Å². The molecule has 1 N–H and O–H groups in total. The van der Waals surface area contributed by atoms with Gasteiger partial charge in [-0.1, -0.05) is 24.3 Å². The van der Waals surface area contributed by atoms with Crippen LogP contribution in [0.5, 0.6) is 0 Å². The number of hydrogen-bond acceptors (Lipinski definition) is 3. The van der Waals surface area contributed by atoms with Gasteiger partial charge in [0.05, 0.1) is 10.8 Å². The minimum absolute atomic E-state index is 0.0462. The van der Waals surface area contributed by atoms with Gasteiger partial charge in [-0.2, -0.15) is 4.31 Å². The van der Waals surface area contributed by atoms with E-state index in [1.165, 1.54) is 16.4 Å². The zero-order valence-corrected chi connectivity index (χ0v) is 16.0. The van der Waals surface area contributed by atoms with Crippen molar-refractivity contribution in [1.29, 1.82) is 0 Å². The summed E-state index contributed by atoms with van der Waals surface area (Å²) in [4.78, 5) is 12.6. The van der Waals surface area contributed by atoms with Crippen LogP contribution < -0.4 is 5.32 Å². The van der Waals surface area contributed by atoms with Gasteiger partial charge in [0.15, 0.2) is 0 Å². The molecule has 0 spiro atoms. The maximum atomic E-state index is 13.1. The molecule has 1 heterocycles. The normalized spacial score (nSPS) is 18.2. The van der Waals surface area contributed by atoms with Gasteiger partial charge >= 0.3 is 0 Å². The zero-order valence-electron chi connectivity index (χ0n) is 15.2. The molecule has 0 radical (unpaired) electrons. The highest BCUT2D eigenvalue weighted by Gasteiger charge is 2.33. The molecule has 1 fully saturated rings. The first-order valence-corrected chi connectivity index (χ1v) is 10.4. The van der Waals surface area contributed by atoms with Gasteiger partial charge in [-0.15, -0.1) is 0 Å². The van der Waals surface area contributed by atoms with Crippen molar-refractivity contribution in [3.63, 3.8) is 0 Å². The number of nitrogens with zero attached hydrogens (tertiary/aromatic N) is 1. The molecule has 0 saturated carbocycles. The zero-order chi connectivity index (χ0) is 19.4. The van der Waals surface area contributed by atoms with E-state index in [4.69, 9.17) is 0 Å². The van der Waals surface area contributed by atoms with E-state index in [0.29, 0.717) is 25.9 Å². The molecule has 1 atom stereocenters. The molecule has 3 rings (SSSR count). The highest BCUT2D eigenvalue weighted by Crippen LogP contribution is 2.24. The van der Waals surface area contributed by atoms with Crippen molar-refractivity contribution in [1.82, 2.24) is 9.62 Å². The Morgan fingerprint density at radius 3 is 2.59 bits per heavy atom. The van der Waals surface area contributed by atoms with Crippen LogP contribution in [0, 0.1) is 18.7 Å². The first-order chi connectivity index (χ1) is 12.9. The summed E-state index contributed by atoms with van der Waals surface area (Å²) in [6.07, 6.45) is 1.26. The maximum absolute atomic E-state index is 13.1. The molecule has 2 aromatic carbocycles. The Hall–Kier alpha value is -2.25. The lowest BCUT2D eigenvalue weighted by Gasteiger charge is -2.31. The van der Waals surface area contributed by atoms with E-state index in [1.807, 2.05) is 31.2 Å². The molecular weight excluding hydrogens is 367 g/mol. The average molecular weight is 390 g/mol. The quantitative estimate of drug-likeness (QED) is 0.854. The second-order valence-electron chi connectivity index (χ2n) is 6.80. The third-order valence-electron chi connectivity index (χ3n) is 4.92. The van der Waals surface area contributed by atoms with E-state index in [-0.39, 0.29) is 17.3 Å². The van der Waals surface area contributed by atoms with Crippen LogP contribution >= 0.6 is 0 Å². The van der Waals surface area contributed by atoms with Crippen LogP contribution in [0.2, 0.25) is 0 Å². The van der Waals surface area contributed by atoms with Crippen LogP contribution in [0.4, 0.5) is 4.39 Å². The largest absolute Gasteiger partial charge is 0.352 e. The number of sulfonamides is 1. The number of piperidine rings is 1. The fraction of sp³-hybridized carbons (Fsp3) is 0.350. The molecule has 27 heavy (non-hydrogen) atoms. The molecular formula is C20H23FN2O3S. The molecule has 0 aliphatic carbocycles. The molecule has 1 saturated heterocycles. The molecule has 2 aromatic rings. The number of benzene rings is 2. The number of rotatable bonds is 5. The van der Waals surface area contributed by atoms with Crippen molar-refractivity contribution in [2.45, 2.75) is 31.2 Å². The average Bonchev–Trinajstić information content (AvgIpc) is 2.67. The lowest BCUT2D eigenvalue weighted by atomic mass is 9.98. The Balaban J connectivity index is 1.65. The number of carbonyl (C=O) groups excluding carboxylic acids is 1. The van der Waals surface area contributed by atoms with Crippen LogP contribution in [0.3, 0.4) is 0 Å². The topological polar surface area (TPSA) is 66.5 Å². The third-order valence-corrected chi connectivity index (χ3v) is 6.80. The predicted molar refractivity (Wildman–Crippen MR) is 101 cm³/mol. The van der Waals surface area contributed by atoms with Gasteiger partial charge in [-0.05, 0) is 55.2 Å². The number of halogens is 1. The molecule has 1 aliphatic rings. The monoisotopic (exact) mass is 390 g/mol. The highest BCUT2D eigenvalue weighted by molar-refractivity contribution is 7.89. The van der Waals surface area contributed by atoms with Crippen LogP contribution in [0.25, 0.3) is 0 Å². The predicted octanol–water partition coefficient (Wildman–Crippen LogP) is 2.85. The Bertz CT molecular complexity index is 913. The minimum Gasteiger partial charge on any atom is -0.352 e. The van der Waals surface area contributed by atoms with E-state index < -0.39 is 21.8 Å². The summed E-state index contributed by atoms with van der Waals surface area (Å²) in [7, 11) is -3.73. The van der Waals surface area contributed by atoms with Crippen molar-refractivity contribution in [3.8, 4) is 0 Å². The summed E-state index contributed by atoms with van der Waals surface area (Å²) in [5, 5.41) is 2.92. The fourth-order valence-electron chi connectivity index (χ4n) is 3.27. The van der Waals surface area contributed by atoms with Crippen molar-refractivity contribution < 1.29 is 17.6 Å². The Labute approximate surface area is 159 Å². The third kappa shape index (κ3) is 4.54. The Morgan fingerprint density at radius 1 is 1.19 bits per heavy atom. The van der Waals surface area contributed by atoms with Gasteiger partial charge in [0.25, 0.3) is 0 Å². The number of aryl methyl sites for hydroxylation is 1. The smallest absolute Gasteiger partial charge is 0.243 e. The first kappa shape index (κ1) is 19.5. The van der Waals surface area contributed by atoms with E-state index >= 15 is 0 Å². The van der Waals surface area contributed by atoms with Gasteiger partial charge in [0.1, 0.15) is 5.82 Å². The first-order valence-electron chi connectivity index (χ1n) is 8.96. The van der Waals surface area contributed by atoms with Crippen LogP contribution in [-0.4, -0.2) is 31.7 Å². The van der Waals surface area contributed by atoms with Crippen molar-refractivity contribution >= 4 is 15.9 Å². The standard InChI is InChI=1S/C20H23FN2O3S/c1-15-5-2-3-6-16(15)13-22-20(24)17-7-4-12-23(14-17)27(25,26)19-10-8-18(21)9-11-19/h2-3,5-6,8-11,17H,4,7,12-14H2,1H3,(H,22,24)/t17-/m0/s1. The second-order valence-corrected chi connectivity index (χ2v) is 8.74. The molecule has 1 amide bonds. The SMILES string of the molecule is Cc1ccccc1CNC(=O)[C@H]1CCCN(S(=O)(=O)c2ccc(F)cc2)C1. The number of carbonyl (C=O) groups is 1. The number of amides is 1. The van der Waals surface area contributed by atoms with Gasteiger partial charge < -0.3 is 5.32 Å². The summed E-state index contributed by atoms with van der Waals surface area (Å²) in [6.45, 7) is 2.91. The van der Waals surface area contributed by atoms with Gasteiger partial charge in [0, 0.05) is 19.6 Å². The second kappa shape index (κ2) is 8.19. The van der Waals surface area contributed by atoms with Crippen LogP contribution in [0.15, 0.2) is 53.4 Å². The molecule has 1 aliphatic heterocycles. The number of hydrogen-bond donors (Lipinski definition) is 1. The van der Waals surface area contributed by atoms with Gasteiger partial charge in [0.2, 0.25) is 15.9 Å². The Kier molecular flexibility index (Phi) is 5.92. The molecule has 0 bridgehead atoms. The minimum atomic E-state index is -3.73. The van der Waals surface area contributed by atoms with Crippen molar-refractivity contribution in [3.05, 3.63) is 65.5 Å². The summed E-state index contributed by atoms with van der Waals surface area (Å²) >= 11 is 0. The molecule has 144 valence electrons. The van der Waals surface area contributed by atoms with E-state index in [2.05, 4.69) is 5.32 Å². The van der Waals surface area contributed by atoms with Gasteiger partial charge in [-0.3, -0.25) is 4.79 Å². The van der Waals surface area contributed by atoms with Crippen molar-refractivity contribution in [2.75, 3.05) is 13.1 Å². The fourth-order valence-corrected chi connectivity index (χ4v) is 4.79. The van der Waals surface area contributed by atoms with Gasteiger partial charge in [-0.25, -0.2) is 12.8 Å². The highest BCUT2D eigenvalue weighted by atomic mass is 32.2. The van der Waals surface area contributed by atoms with Crippen LogP contribution in [0.1, 0.15) is 24.0 Å². The summed E-state index contributed by atoms with van der Waals surface area (Å²) in [5.74, 6) is -1.02. The van der Waals surface area contributed by atoms with E-state index in [9.17, 15) is 17.6 Å². The molecule has 0 aromatic heterocycles. The summed E-state index contributed by atoms with van der Waals surface area (Å²) in [6, 6.07) is 12.6. The maximum Gasteiger partial charge on any atom is 0.243 e. The molecule has 5 nitrogen and oxygen atoms in total. The van der Waals surface area contributed by atoms with Crippen LogP contribution in [-0.2, 0) is 21.4 Å². The van der Waals surface area contributed by atoms with E-state index in [1.54, 1.807) is 0 Å². The lowest BCUT2D eigenvalue weighted by Crippen LogP contribution is -2.45. The Morgan fingerprint density at radius 2 is 1.89 bits per heavy atom. The lowest BCUT2D eigenvalue weighted by molar-refractivity contribution is -0.126. The molecule has 0 unspecified atom stereocenters. The summed E-state index contributed by atoms with van der Waals surface area (Å²) < 4.78 is 39.9. The summed E-state index contributed by atoms with van der Waals surface area (Å²) in [5.41, 5.74) is 2.14.